The van der Waals surface area contributed by atoms with Gasteiger partial charge in [0.05, 0.1) is 17.6 Å². The van der Waals surface area contributed by atoms with Crippen LogP contribution in [0.5, 0.6) is 0 Å². The molecule has 1 aliphatic heterocycles. The van der Waals surface area contributed by atoms with E-state index >= 15 is 0 Å². The van der Waals surface area contributed by atoms with Crippen LogP contribution in [0.2, 0.25) is 0 Å². The smallest absolute Gasteiger partial charge is 0.263 e. The topological polar surface area (TPSA) is 101 Å². The third-order valence-corrected chi connectivity index (χ3v) is 5.27. The Morgan fingerprint density at radius 2 is 1.65 bits per heavy atom. The standard InChI is InChI=1S/C25H22N8O/c34-24(18-33-30-25(28-31-33)21-9-5-2-6-10-21)27-26-17-19-11-13-22(14-12-19)32-16-15-23(29-32)20-7-3-1-4-8-20/h1-14,17H,15-16,18H2,(H,27,34). The minimum atomic E-state index is -0.343. The first kappa shape index (κ1) is 21.2. The van der Waals surface area contributed by atoms with Gasteiger partial charge in [0.2, 0.25) is 5.82 Å². The van der Waals surface area contributed by atoms with Crippen molar-refractivity contribution in [1.29, 1.82) is 0 Å². The lowest BCUT2D eigenvalue weighted by Crippen LogP contribution is -2.24. The van der Waals surface area contributed by atoms with E-state index in [1.807, 2.05) is 77.8 Å². The average Bonchev–Trinajstić information content (AvgIpc) is 3.56. The Balaban J connectivity index is 1.14. The van der Waals surface area contributed by atoms with Gasteiger partial charge in [0, 0.05) is 18.5 Å². The van der Waals surface area contributed by atoms with Gasteiger partial charge >= 0.3 is 0 Å². The molecule has 34 heavy (non-hydrogen) atoms. The number of rotatable bonds is 7. The van der Waals surface area contributed by atoms with E-state index in [1.54, 1.807) is 6.21 Å². The van der Waals surface area contributed by atoms with Crippen molar-refractivity contribution >= 4 is 23.5 Å². The summed E-state index contributed by atoms with van der Waals surface area (Å²) in [5.41, 5.74) is 7.45. The summed E-state index contributed by atoms with van der Waals surface area (Å²) in [5, 5.41) is 22.9. The van der Waals surface area contributed by atoms with Crippen LogP contribution in [0.3, 0.4) is 0 Å². The quantitative estimate of drug-likeness (QED) is 0.344. The van der Waals surface area contributed by atoms with Gasteiger partial charge in [-0.1, -0.05) is 72.8 Å². The molecular formula is C25H22N8O. The number of carbonyl (C=O) groups excluding carboxylic acids is 1. The van der Waals surface area contributed by atoms with Crippen molar-refractivity contribution in [3.63, 3.8) is 0 Å². The molecule has 1 aliphatic rings. The summed E-state index contributed by atoms with van der Waals surface area (Å²) in [6, 6.07) is 27.5. The average molecular weight is 451 g/mol. The molecule has 2 heterocycles. The molecule has 3 aromatic carbocycles. The van der Waals surface area contributed by atoms with Gasteiger partial charge in [-0.25, -0.2) is 5.43 Å². The molecule has 0 aliphatic carbocycles. The number of hydrogen-bond acceptors (Lipinski definition) is 7. The van der Waals surface area contributed by atoms with Gasteiger partial charge in [-0.2, -0.15) is 15.0 Å². The third-order valence-electron chi connectivity index (χ3n) is 5.27. The first-order chi connectivity index (χ1) is 16.7. The fourth-order valence-corrected chi connectivity index (χ4v) is 3.57. The summed E-state index contributed by atoms with van der Waals surface area (Å²) in [7, 11) is 0. The van der Waals surface area contributed by atoms with Crippen molar-refractivity contribution in [3.05, 3.63) is 96.1 Å². The van der Waals surface area contributed by atoms with Crippen LogP contribution >= 0.6 is 0 Å². The van der Waals surface area contributed by atoms with Gasteiger partial charge in [0.25, 0.3) is 5.91 Å². The van der Waals surface area contributed by atoms with E-state index in [4.69, 9.17) is 5.10 Å². The summed E-state index contributed by atoms with van der Waals surface area (Å²) in [4.78, 5) is 13.4. The summed E-state index contributed by atoms with van der Waals surface area (Å²) in [5.74, 6) is 0.125. The van der Waals surface area contributed by atoms with E-state index in [0.29, 0.717) is 5.82 Å². The fourth-order valence-electron chi connectivity index (χ4n) is 3.57. The normalized spacial score (nSPS) is 13.3. The fraction of sp³-hybridized carbons (Fsp3) is 0.120. The molecule has 0 atom stereocenters. The van der Waals surface area contributed by atoms with E-state index < -0.39 is 0 Å². The Bertz CT molecular complexity index is 1310. The van der Waals surface area contributed by atoms with Crippen molar-refractivity contribution in [3.8, 4) is 11.4 Å². The summed E-state index contributed by atoms with van der Waals surface area (Å²) in [6.07, 6.45) is 2.50. The molecule has 0 radical (unpaired) electrons. The second-order valence-corrected chi connectivity index (χ2v) is 7.68. The molecule has 1 N–H and O–H groups in total. The number of tetrazole rings is 1. The van der Waals surface area contributed by atoms with Crippen molar-refractivity contribution in [2.24, 2.45) is 10.2 Å². The first-order valence-electron chi connectivity index (χ1n) is 10.9. The van der Waals surface area contributed by atoms with E-state index in [2.05, 4.69) is 38.1 Å². The van der Waals surface area contributed by atoms with Crippen LogP contribution in [0.1, 0.15) is 17.5 Å². The Morgan fingerprint density at radius 3 is 2.38 bits per heavy atom. The van der Waals surface area contributed by atoms with Crippen LogP contribution in [-0.2, 0) is 11.3 Å². The zero-order valence-electron chi connectivity index (χ0n) is 18.3. The van der Waals surface area contributed by atoms with Crippen LogP contribution in [0, 0.1) is 0 Å². The number of amides is 1. The summed E-state index contributed by atoms with van der Waals surface area (Å²) >= 11 is 0. The maximum absolute atomic E-state index is 12.1. The van der Waals surface area contributed by atoms with Crippen LogP contribution in [0.15, 0.2) is 95.1 Å². The highest BCUT2D eigenvalue weighted by atomic mass is 16.2. The first-order valence-corrected chi connectivity index (χ1v) is 10.9. The molecule has 9 heteroatoms. The van der Waals surface area contributed by atoms with Crippen LogP contribution in [-0.4, -0.2) is 44.6 Å². The van der Waals surface area contributed by atoms with Gasteiger partial charge < -0.3 is 0 Å². The predicted octanol–water partition coefficient (Wildman–Crippen LogP) is 3.10. The van der Waals surface area contributed by atoms with Crippen molar-refractivity contribution in [1.82, 2.24) is 25.6 Å². The highest BCUT2D eigenvalue weighted by Crippen LogP contribution is 2.22. The summed E-state index contributed by atoms with van der Waals surface area (Å²) in [6.45, 7) is 0.767. The molecule has 168 valence electrons. The molecule has 9 nitrogen and oxygen atoms in total. The molecule has 1 amide bonds. The van der Waals surface area contributed by atoms with Crippen molar-refractivity contribution in [2.45, 2.75) is 13.0 Å². The number of carbonyl (C=O) groups is 1. The minimum Gasteiger partial charge on any atom is -0.271 e. The number of benzene rings is 3. The zero-order valence-corrected chi connectivity index (χ0v) is 18.3. The lowest BCUT2D eigenvalue weighted by Gasteiger charge is -2.13. The Kier molecular flexibility index (Phi) is 6.15. The van der Waals surface area contributed by atoms with E-state index in [0.717, 1.165) is 41.1 Å². The Labute approximate surface area is 196 Å². The lowest BCUT2D eigenvalue weighted by molar-refractivity contribution is -0.122. The van der Waals surface area contributed by atoms with E-state index in [1.165, 1.54) is 4.80 Å². The molecule has 1 aromatic heterocycles. The molecular weight excluding hydrogens is 428 g/mol. The molecule has 0 fully saturated rings. The SMILES string of the molecule is O=C(Cn1nnc(-c2ccccc2)n1)NN=Cc1ccc(N2CCC(c3ccccc3)=N2)cc1. The van der Waals surface area contributed by atoms with E-state index in [-0.39, 0.29) is 12.5 Å². The number of anilines is 1. The van der Waals surface area contributed by atoms with Gasteiger partial charge in [-0.3, -0.25) is 9.80 Å². The van der Waals surface area contributed by atoms with E-state index in [9.17, 15) is 4.79 Å². The highest BCUT2D eigenvalue weighted by molar-refractivity contribution is 6.02. The van der Waals surface area contributed by atoms with Crippen LogP contribution in [0.4, 0.5) is 5.69 Å². The molecule has 0 bridgehead atoms. The number of nitrogens with zero attached hydrogens (tertiary/aromatic N) is 7. The highest BCUT2D eigenvalue weighted by Gasteiger charge is 2.17. The molecule has 0 saturated heterocycles. The van der Waals surface area contributed by atoms with Crippen LogP contribution < -0.4 is 10.4 Å². The molecule has 0 unspecified atom stereocenters. The number of aromatic nitrogens is 4. The third kappa shape index (κ3) is 5.04. The Morgan fingerprint density at radius 1 is 0.941 bits per heavy atom. The monoisotopic (exact) mass is 450 g/mol. The van der Waals surface area contributed by atoms with Gasteiger partial charge in [0.15, 0.2) is 0 Å². The van der Waals surface area contributed by atoms with Gasteiger partial charge in [0.1, 0.15) is 6.54 Å². The largest absolute Gasteiger partial charge is 0.271 e. The molecule has 0 saturated carbocycles. The summed E-state index contributed by atoms with van der Waals surface area (Å²) < 4.78 is 0. The van der Waals surface area contributed by atoms with Crippen molar-refractivity contribution in [2.75, 3.05) is 11.6 Å². The second-order valence-electron chi connectivity index (χ2n) is 7.68. The molecule has 0 spiro atoms. The maximum atomic E-state index is 12.1. The van der Waals surface area contributed by atoms with Crippen molar-refractivity contribution < 1.29 is 4.79 Å². The Hall–Kier alpha value is -4.66. The predicted molar refractivity (Wildman–Crippen MR) is 130 cm³/mol. The zero-order chi connectivity index (χ0) is 23.2. The molecule has 5 rings (SSSR count). The van der Waals surface area contributed by atoms with Gasteiger partial charge in [-0.05, 0) is 28.5 Å². The maximum Gasteiger partial charge on any atom is 0.263 e. The molecule has 4 aromatic rings. The number of hydrogen-bond donors (Lipinski definition) is 1. The lowest BCUT2D eigenvalue weighted by atomic mass is 10.1. The minimum absolute atomic E-state index is 0.0766. The van der Waals surface area contributed by atoms with Crippen LogP contribution in [0.25, 0.3) is 11.4 Å². The number of hydrazone groups is 2. The van der Waals surface area contributed by atoms with Gasteiger partial charge in [-0.15, -0.1) is 10.2 Å². The second kappa shape index (κ2) is 9.86. The number of nitrogens with one attached hydrogen (secondary N) is 1.